The third kappa shape index (κ3) is 4.97. The molecule has 0 unspecified atom stereocenters. The molecule has 6 heteroatoms. The zero-order chi connectivity index (χ0) is 17.6. The Labute approximate surface area is 145 Å². The summed E-state index contributed by atoms with van der Waals surface area (Å²) >= 11 is 0. The first-order valence-electron chi connectivity index (χ1n) is 8.05. The maximum absolute atomic E-state index is 12.8. The van der Waals surface area contributed by atoms with Crippen LogP contribution in [-0.2, 0) is 24.2 Å². The first-order chi connectivity index (χ1) is 12.1. The Balaban J connectivity index is 1.52. The molecule has 0 fully saturated rings. The number of carbonyl (C=O) groups is 1. The van der Waals surface area contributed by atoms with Crippen molar-refractivity contribution >= 4 is 5.91 Å². The molecule has 0 aliphatic heterocycles. The van der Waals surface area contributed by atoms with Crippen LogP contribution in [0.4, 0.5) is 4.39 Å². The monoisotopic (exact) mass is 338 g/mol. The fourth-order valence-electron chi connectivity index (χ4n) is 2.52. The second-order valence-corrected chi connectivity index (χ2v) is 5.94. The average molecular weight is 338 g/mol. The molecule has 0 aliphatic carbocycles. The van der Waals surface area contributed by atoms with Gasteiger partial charge in [-0.25, -0.2) is 9.37 Å². The largest absolute Gasteiger partial charge is 0.352 e. The topological polar surface area (TPSA) is 70.7 Å². The number of nitrogens with zero attached hydrogens (tertiary/aromatic N) is 2. The first kappa shape index (κ1) is 16.8. The van der Waals surface area contributed by atoms with Crippen LogP contribution >= 0.6 is 0 Å². The number of aromatic nitrogens is 3. The maximum Gasteiger partial charge on any atom is 0.228 e. The summed E-state index contributed by atoms with van der Waals surface area (Å²) < 4.78 is 12.8. The number of carbonyl (C=O) groups excluding carboxylic acids is 1. The molecule has 0 aliphatic rings. The zero-order valence-electron chi connectivity index (χ0n) is 13.9. The summed E-state index contributed by atoms with van der Waals surface area (Å²) in [5, 5.41) is 9.75. The van der Waals surface area contributed by atoms with Crippen molar-refractivity contribution in [1.82, 2.24) is 20.5 Å². The number of aryl methyl sites for hydroxylation is 1. The van der Waals surface area contributed by atoms with Gasteiger partial charge < -0.3 is 5.32 Å². The number of hydrogen-bond acceptors (Lipinski definition) is 3. The van der Waals surface area contributed by atoms with Gasteiger partial charge in [0.1, 0.15) is 11.6 Å². The molecular formula is C19H19FN4O. The summed E-state index contributed by atoms with van der Waals surface area (Å²) in [6.45, 7) is 2.39. The molecule has 1 amide bonds. The normalized spacial score (nSPS) is 10.6. The third-order valence-corrected chi connectivity index (χ3v) is 3.75. The number of halogens is 1. The highest BCUT2D eigenvalue weighted by atomic mass is 19.1. The van der Waals surface area contributed by atoms with Crippen LogP contribution in [0.15, 0.2) is 48.5 Å². The van der Waals surface area contributed by atoms with E-state index < -0.39 is 0 Å². The highest BCUT2D eigenvalue weighted by Gasteiger charge is 2.09. The second kappa shape index (κ2) is 7.70. The lowest BCUT2D eigenvalue weighted by molar-refractivity contribution is -0.120. The van der Waals surface area contributed by atoms with Gasteiger partial charge in [-0.15, -0.1) is 0 Å². The van der Waals surface area contributed by atoms with Gasteiger partial charge in [0.25, 0.3) is 0 Å². The summed E-state index contributed by atoms with van der Waals surface area (Å²) in [6.07, 6.45) is 0.747. The van der Waals surface area contributed by atoms with E-state index in [1.165, 1.54) is 17.7 Å². The van der Waals surface area contributed by atoms with Crippen LogP contribution in [0.5, 0.6) is 0 Å². The number of H-pyrrole nitrogens is 1. The van der Waals surface area contributed by atoms with E-state index in [4.69, 9.17) is 0 Å². The molecule has 0 saturated heterocycles. The Kier molecular flexibility index (Phi) is 5.18. The molecule has 3 rings (SSSR count). The molecule has 2 aromatic carbocycles. The lowest BCUT2D eigenvalue weighted by Gasteiger charge is -2.03. The molecule has 1 aromatic heterocycles. The van der Waals surface area contributed by atoms with Gasteiger partial charge in [0, 0.05) is 13.0 Å². The number of hydrogen-bond donors (Lipinski definition) is 2. The molecule has 0 bridgehead atoms. The number of benzene rings is 2. The van der Waals surface area contributed by atoms with Crippen LogP contribution in [0.25, 0.3) is 0 Å². The van der Waals surface area contributed by atoms with Crippen molar-refractivity contribution in [3.63, 3.8) is 0 Å². The number of aromatic amines is 1. The highest BCUT2D eigenvalue weighted by Crippen LogP contribution is 2.08. The van der Waals surface area contributed by atoms with E-state index in [2.05, 4.69) is 26.6 Å². The fourth-order valence-corrected chi connectivity index (χ4v) is 2.52. The predicted octanol–water partition coefficient (Wildman–Crippen LogP) is 2.70. The molecule has 128 valence electrons. The molecular weight excluding hydrogens is 319 g/mol. The van der Waals surface area contributed by atoms with E-state index in [1.54, 1.807) is 12.1 Å². The van der Waals surface area contributed by atoms with Gasteiger partial charge >= 0.3 is 0 Å². The molecule has 3 aromatic rings. The van der Waals surface area contributed by atoms with Gasteiger partial charge in [0.05, 0.1) is 6.42 Å². The van der Waals surface area contributed by atoms with Gasteiger partial charge in [-0.1, -0.05) is 42.0 Å². The van der Waals surface area contributed by atoms with Crippen molar-refractivity contribution in [2.45, 2.75) is 26.3 Å². The summed E-state index contributed by atoms with van der Waals surface area (Å²) in [6, 6.07) is 14.2. The molecule has 2 N–H and O–H groups in total. The third-order valence-electron chi connectivity index (χ3n) is 3.75. The van der Waals surface area contributed by atoms with Gasteiger partial charge in [0.2, 0.25) is 5.91 Å². The Morgan fingerprint density at radius 3 is 2.72 bits per heavy atom. The molecule has 0 saturated carbocycles. The minimum atomic E-state index is -0.295. The van der Waals surface area contributed by atoms with E-state index in [-0.39, 0.29) is 18.1 Å². The quantitative estimate of drug-likeness (QED) is 0.726. The molecule has 0 atom stereocenters. The molecule has 0 spiro atoms. The van der Waals surface area contributed by atoms with Crippen LogP contribution in [0.1, 0.15) is 28.3 Å². The van der Waals surface area contributed by atoms with E-state index in [1.807, 2.05) is 25.1 Å². The Bertz CT molecular complexity index is 858. The van der Waals surface area contributed by atoms with Crippen LogP contribution in [0.2, 0.25) is 0 Å². The van der Waals surface area contributed by atoms with Crippen molar-refractivity contribution in [2.24, 2.45) is 0 Å². The van der Waals surface area contributed by atoms with Crippen LogP contribution in [0.3, 0.4) is 0 Å². The lowest BCUT2D eigenvalue weighted by Crippen LogP contribution is -2.25. The number of amides is 1. The maximum atomic E-state index is 12.8. The van der Waals surface area contributed by atoms with E-state index in [0.717, 1.165) is 17.0 Å². The molecule has 0 radical (unpaired) electrons. The lowest BCUT2D eigenvalue weighted by atomic mass is 10.1. The van der Waals surface area contributed by atoms with E-state index >= 15 is 0 Å². The van der Waals surface area contributed by atoms with Gasteiger partial charge in [0.15, 0.2) is 5.82 Å². The highest BCUT2D eigenvalue weighted by molar-refractivity contribution is 5.77. The van der Waals surface area contributed by atoms with Crippen LogP contribution < -0.4 is 5.32 Å². The summed E-state index contributed by atoms with van der Waals surface area (Å²) in [5.74, 6) is 0.716. The zero-order valence-corrected chi connectivity index (χ0v) is 13.9. The average Bonchev–Trinajstić information content (AvgIpc) is 3.01. The van der Waals surface area contributed by atoms with Crippen molar-refractivity contribution in [1.29, 1.82) is 0 Å². The summed E-state index contributed by atoms with van der Waals surface area (Å²) in [4.78, 5) is 16.4. The number of nitrogens with one attached hydrogen (secondary N) is 2. The SMILES string of the molecule is Cc1cccc(Cc2nc(CC(=O)NCc3ccc(F)cc3)n[nH]2)c1. The minimum Gasteiger partial charge on any atom is -0.352 e. The van der Waals surface area contributed by atoms with Crippen molar-refractivity contribution < 1.29 is 9.18 Å². The molecule has 5 nitrogen and oxygen atoms in total. The van der Waals surface area contributed by atoms with Gasteiger partial charge in [-0.05, 0) is 30.2 Å². The summed E-state index contributed by atoms with van der Waals surface area (Å²) in [7, 11) is 0. The number of rotatable bonds is 6. The predicted molar refractivity (Wildman–Crippen MR) is 92.3 cm³/mol. The fraction of sp³-hybridized carbons (Fsp3) is 0.211. The Morgan fingerprint density at radius 2 is 1.96 bits per heavy atom. The van der Waals surface area contributed by atoms with Gasteiger partial charge in [-0.3, -0.25) is 9.89 Å². The van der Waals surface area contributed by atoms with E-state index in [0.29, 0.717) is 18.8 Å². The Morgan fingerprint density at radius 1 is 1.16 bits per heavy atom. The minimum absolute atomic E-state index is 0.103. The van der Waals surface area contributed by atoms with Gasteiger partial charge in [-0.2, -0.15) is 5.10 Å². The first-order valence-corrected chi connectivity index (χ1v) is 8.05. The van der Waals surface area contributed by atoms with Crippen molar-refractivity contribution in [3.05, 3.63) is 82.7 Å². The van der Waals surface area contributed by atoms with E-state index in [9.17, 15) is 9.18 Å². The Hall–Kier alpha value is -3.02. The molecule has 25 heavy (non-hydrogen) atoms. The van der Waals surface area contributed by atoms with Crippen molar-refractivity contribution in [2.75, 3.05) is 0 Å². The smallest absolute Gasteiger partial charge is 0.228 e. The van der Waals surface area contributed by atoms with Crippen LogP contribution in [0, 0.1) is 12.7 Å². The molecule has 1 heterocycles. The van der Waals surface area contributed by atoms with Crippen molar-refractivity contribution in [3.8, 4) is 0 Å². The standard InChI is InChI=1S/C19H19FN4O/c1-13-3-2-4-15(9-13)10-17-22-18(24-23-17)11-19(25)21-12-14-5-7-16(20)8-6-14/h2-9H,10-12H2,1H3,(H,21,25)(H,22,23,24). The summed E-state index contributed by atoms with van der Waals surface area (Å²) in [5.41, 5.74) is 3.17. The van der Waals surface area contributed by atoms with Crippen LogP contribution in [-0.4, -0.2) is 21.1 Å². The second-order valence-electron chi connectivity index (χ2n) is 5.94.